The van der Waals surface area contributed by atoms with Gasteiger partial charge in [0.1, 0.15) is 16.8 Å². The van der Waals surface area contributed by atoms with Crippen LogP contribution in [-0.4, -0.2) is 21.2 Å². The van der Waals surface area contributed by atoms with Crippen LogP contribution in [0, 0.1) is 11.3 Å². The Hall–Kier alpha value is -2.39. The molecule has 3 aromatic rings. The predicted molar refractivity (Wildman–Crippen MR) is 85.3 cm³/mol. The third-order valence-electron chi connectivity index (χ3n) is 3.25. The van der Waals surface area contributed by atoms with E-state index in [0.717, 1.165) is 21.4 Å². The Morgan fingerprint density at radius 1 is 1.32 bits per heavy atom. The Morgan fingerprint density at radius 3 is 2.77 bits per heavy atom. The molecular formula is C16H16N4OS. The molecule has 5 nitrogen and oxygen atoms in total. The lowest BCUT2D eigenvalue weighted by Crippen LogP contribution is -2.02. The van der Waals surface area contributed by atoms with Gasteiger partial charge in [0.2, 0.25) is 4.96 Å². The molecule has 2 aromatic heterocycles. The second-order valence-corrected chi connectivity index (χ2v) is 6.25. The maximum atomic E-state index is 9.32. The van der Waals surface area contributed by atoms with Crippen LogP contribution in [0.15, 0.2) is 30.3 Å². The first-order valence-corrected chi connectivity index (χ1v) is 7.97. The minimum atomic E-state index is 0.216. The molecule has 6 heteroatoms. The lowest BCUT2D eigenvalue weighted by Gasteiger charge is -2.03. The molecule has 0 unspecified atom stereocenters. The summed E-state index contributed by atoms with van der Waals surface area (Å²) in [6, 6.07) is 11.9. The third kappa shape index (κ3) is 2.81. The van der Waals surface area contributed by atoms with E-state index in [9.17, 15) is 5.26 Å². The zero-order valence-electron chi connectivity index (χ0n) is 12.5. The molecule has 0 radical (unpaired) electrons. The van der Waals surface area contributed by atoms with Gasteiger partial charge in [-0.2, -0.15) is 14.9 Å². The molecular weight excluding hydrogens is 296 g/mol. The minimum Gasteiger partial charge on any atom is -0.493 e. The number of ether oxygens (including phenoxy) is 1. The zero-order chi connectivity index (χ0) is 15.5. The molecule has 0 N–H and O–H groups in total. The van der Waals surface area contributed by atoms with Crippen molar-refractivity contribution in [1.82, 2.24) is 14.6 Å². The number of nitriles is 1. The average molecular weight is 312 g/mol. The van der Waals surface area contributed by atoms with Crippen molar-refractivity contribution >= 4 is 16.3 Å². The third-order valence-corrected chi connectivity index (χ3v) is 4.22. The van der Waals surface area contributed by atoms with Crippen molar-refractivity contribution in [1.29, 1.82) is 5.26 Å². The summed E-state index contributed by atoms with van der Waals surface area (Å²) in [7, 11) is 0. The van der Waals surface area contributed by atoms with Crippen LogP contribution >= 0.6 is 11.3 Å². The minimum absolute atomic E-state index is 0.216. The SMILES string of the molecule is CC(C)c1nc2sc(CCOc3ccccc3)nn2c1C#N. The standard InChI is InChI=1S/C16H16N4OS/c1-11(2)15-13(10-17)20-16(18-15)22-14(19-20)8-9-21-12-6-4-3-5-7-12/h3-7,11H,8-9H2,1-2H3. The van der Waals surface area contributed by atoms with E-state index < -0.39 is 0 Å². The fraction of sp³-hybridized carbons (Fsp3) is 0.312. The first-order chi connectivity index (χ1) is 10.7. The second-order valence-electron chi connectivity index (χ2n) is 5.21. The van der Waals surface area contributed by atoms with Gasteiger partial charge in [-0.15, -0.1) is 0 Å². The molecule has 2 heterocycles. The maximum absolute atomic E-state index is 9.32. The summed E-state index contributed by atoms with van der Waals surface area (Å²) in [5, 5.41) is 14.7. The van der Waals surface area contributed by atoms with Gasteiger partial charge in [0.05, 0.1) is 12.3 Å². The number of benzene rings is 1. The van der Waals surface area contributed by atoms with Gasteiger partial charge >= 0.3 is 0 Å². The van der Waals surface area contributed by atoms with Gasteiger partial charge < -0.3 is 4.74 Å². The summed E-state index contributed by atoms with van der Waals surface area (Å²) >= 11 is 1.51. The Kier molecular flexibility index (Phi) is 4.07. The first-order valence-electron chi connectivity index (χ1n) is 7.15. The van der Waals surface area contributed by atoms with Crippen LogP contribution < -0.4 is 4.74 Å². The Morgan fingerprint density at radius 2 is 2.09 bits per heavy atom. The summed E-state index contributed by atoms with van der Waals surface area (Å²) in [6.07, 6.45) is 0.699. The van der Waals surface area contributed by atoms with E-state index in [0.29, 0.717) is 18.7 Å². The van der Waals surface area contributed by atoms with Crippen molar-refractivity contribution in [3.63, 3.8) is 0 Å². The Balaban J connectivity index is 1.73. The van der Waals surface area contributed by atoms with E-state index in [1.165, 1.54) is 11.3 Å². The van der Waals surface area contributed by atoms with Crippen LogP contribution in [0.1, 0.15) is 36.2 Å². The number of imidazole rings is 1. The van der Waals surface area contributed by atoms with Crippen LogP contribution in [0.25, 0.3) is 4.96 Å². The molecule has 0 saturated heterocycles. The van der Waals surface area contributed by atoms with Crippen LogP contribution in [0.4, 0.5) is 0 Å². The van der Waals surface area contributed by atoms with Crippen LogP contribution in [0.3, 0.4) is 0 Å². The number of rotatable bonds is 5. The van der Waals surface area contributed by atoms with Gasteiger partial charge in [0.15, 0.2) is 5.69 Å². The molecule has 0 spiro atoms. The van der Waals surface area contributed by atoms with Gasteiger partial charge in [0, 0.05) is 6.42 Å². The number of nitrogens with zero attached hydrogens (tertiary/aromatic N) is 4. The molecule has 0 amide bonds. The molecule has 22 heavy (non-hydrogen) atoms. The molecule has 0 fully saturated rings. The number of aromatic nitrogens is 3. The fourth-order valence-electron chi connectivity index (χ4n) is 2.18. The summed E-state index contributed by atoms with van der Waals surface area (Å²) in [5.41, 5.74) is 1.35. The van der Waals surface area contributed by atoms with Crippen molar-refractivity contribution in [2.45, 2.75) is 26.2 Å². The van der Waals surface area contributed by atoms with Crippen molar-refractivity contribution in [3.8, 4) is 11.8 Å². The highest BCUT2D eigenvalue weighted by atomic mass is 32.1. The Labute approximate surface area is 132 Å². The number of para-hydroxylation sites is 1. The lowest BCUT2D eigenvalue weighted by molar-refractivity contribution is 0.321. The molecule has 112 valence electrons. The zero-order valence-corrected chi connectivity index (χ0v) is 13.3. The van der Waals surface area contributed by atoms with E-state index in [2.05, 4.69) is 16.2 Å². The largest absolute Gasteiger partial charge is 0.493 e. The number of fused-ring (bicyclic) bond motifs is 1. The van der Waals surface area contributed by atoms with Gasteiger partial charge in [-0.25, -0.2) is 4.98 Å². The van der Waals surface area contributed by atoms with Gasteiger partial charge in [-0.3, -0.25) is 0 Å². The molecule has 3 rings (SSSR count). The topological polar surface area (TPSA) is 63.2 Å². The highest BCUT2D eigenvalue weighted by Gasteiger charge is 2.18. The monoisotopic (exact) mass is 312 g/mol. The van der Waals surface area contributed by atoms with Crippen molar-refractivity contribution in [2.24, 2.45) is 0 Å². The maximum Gasteiger partial charge on any atom is 0.213 e. The quantitative estimate of drug-likeness (QED) is 0.724. The van der Waals surface area contributed by atoms with Crippen LogP contribution in [0.2, 0.25) is 0 Å². The number of hydrogen-bond acceptors (Lipinski definition) is 5. The normalized spacial score (nSPS) is 11.0. The van der Waals surface area contributed by atoms with E-state index in [1.807, 2.05) is 44.2 Å². The van der Waals surface area contributed by atoms with Crippen LogP contribution in [-0.2, 0) is 6.42 Å². The molecule has 1 aromatic carbocycles. The van der Waals surface area contributed by atoms with E-state index in [4.69, 9.17) is 4.74 Å². The van der Waals surface area contributed by atoms with E-state index >= 15 is 0 Å². The van der Waals surface area contributed by atoms with E-state index in [1.54, 1.807) is 4.52 Å². The van der Waals surface area contributed by atoms with Gasteiger partial charge in [0.25, 0.3) is 0 Å². The molecule has 0 atom stereocenters. The van der Waals surface area contributed by atoms with Gasteiger partial charge in [-0.05, 0) is 18.1 Å². The van der Waals surface area contributed by atoms with Crippen molar-refractivity contribution in [3.05, 3.63) is 46.7 Å². The second kappa shape index (κ2) is 6.16. The first kappa shape index (κ1) is 14.5. The molecule has 0 aliphatic rings. The summed E-state index contributed by atoms with van der Waals surface area (Å²) < 4.78 is 7.32. The molecule has 0 aliphatic heterocycles. The predicted octanol–water partition coefficient (Wildman–Crippen LogP) is 3.41. The number of hydrogen-bond donors (Lipinski definition) is 0. The highest BCUT2D eigenvalue weighted by Crippen LogP contribution is 2.23. The summed E-state index contributed by atoms with van der Waals surface area (Å²) in [5.74, 6) is 1.07. The molecule has 0 saturated carbocycles. The van der Waals surface area contributed by atoms with Crippen LogP contribution in [0.5, 0.6) is 5.75 Å². The average Bonchev–Trinajstić information content (AvgIpc) is 3.05. The fourth-order valence-corrected chi connectivity index (χ4v) is 3.07. The molecule has 0 aliphatic carbocycles. The van der Waals surface area contributed by atoms with E-state index in [-0.39, 0.29) is 5.92 Å². The summed E-state index contributed by atoms with van der Waals surface area (Å²) in [6.45, 7) is 4.61. The lowest BCUT2D eigenvalue weighted by atomic mass is 10.1. The van der Waals surface area contributed by atoms with Crippen molar-refractivity contribution < 1.29 is 4.74 Å². The smallest absolute Gasteiger partial charge is 0.213 e. The highest BCUT2D eigenvalue weighted by molar-refractivity contribution is 7.16. The summed E-state index contributed by atoms with van der Waals surface area (Å²) in [4.78, 5) is 5.30. The van der Waals surface area contributed by atoms with Gasteiger partial charge in [-0.1, -0.05) is 43.4 Å². The Bertz CT molecular complexity index is 814. The molecule has 0 bridgehead atoms. The van der Waals surface area contributed by atoms with Crippen molar-refractivity contribution in [2.75, 3.05) is 6.61 Å².